The minimum Gasteiger partial charge on any atom is -0.433 e. The first-order chi connectivity index (χ1) is 13.0. The molecule has 0 saturated heterocycles. The first-order valence-electron chi connectivity index (χ1n) is 7.95. The molecule has 0 fully saturated rings. The zero-order chi connectivity index (χ0) is 19.4. The normalized spacial score (nSPS) is 12.2. The molecule has 0 bridgehead atoms. The van der Waals surface area contributed by atoms with Crippen LogP contribution in [0.15, 0.2) is 36.7 Å². The lowest BCUT2D eigenvalue weighted by Gasteiger charge is -2.08. The van der Waals surface area contributed by atoms with Gasteiger partial charge >= 0.3 is 0 Å². The Labute approximate surface area is 157 Å². The first-order valence-corrected chi connectivity index (χ1v) is 8.33. The highest BCUT2D eigenvalue weighted by molar-refractivity contribution is 6.30. The first kappa shape index (κ1) is 19.2. The van der Waals surface area contributed by atoms with Gasteiger partial charge in [-0.15, -0.1) is 5.10 Å². The molecule has 2 aromatic heterocycles. The molecule has 0 saturated carbocycles. The summed E-state index contributed by atoms with van der Waals surface area (Å²) in [7, 11) is 0. The maximum atomic E-state index is 14.3. The maximum absolute atomic E-state index is 14.3. The monoisotopic (exact) mass is 396 g/mol. The number of pyridine rings is 1. The molecule has 3 rings (SSSR count). The third kappa shape index (κ3) is 4.76. The van der Waals surface area contributed by atoms with Crippen LogP contribution in [-0.4, -0.2) is 42.9 Å². The van der Waals surface area contributed by atoms with E-state index in [2.05, 4.69) is 15.3 Å². The molecular weight excluding hydrogens is 382 g/mol. The number of nitrogens with zero attached hydrogens (tertiary/aromatic N) is 4. The second-order valence-corrected chi connectivity index (χ2v) is 6.12. The molecule has 3 aromatic rings. The quantitative estimate of drug-likeness (QED) is 0.637. The van der Waals surface area contributed by atoms with Crippen LogP contribution in [0.3, 0.4) is 0 Å². The molecule has 0 amide bonds. The van der Waals surface area contributed by atoms with Crippen molar-refractivity contribution >= 4 is 11.6 Å². The Morgan fingerprint density at radius 1 is 1.22 bits per heavy atom. The molecular formula is C17H15ClF2N4O3. The van der Waals surface area contributed by atoms with Crippen LogP contribution < -0.4 is 4.74 Å². The highest BCUT2D eigenvalue weighted by Gasteiger charge is 2.14. The molecule has 0 aliphatic heterocycles. The molecule has 1 unspecified atom stereocenters. The summed E-state index contributed by atoms with van der Waals surface area (Å²) < 4.78 is 34.5. The van der Waals surface area contributed by atoms with E-state index in [9.17, 15) is 13.9 Å². The molecule has 1 atom stereocenters. The zero-order valence-electron chi connectivity index (χ0n) is 13.9. The number of aliphatic hydroxyl groups excluding tert-OH is 2. The zero-order valence-corrected chi connectivity index (χ0v) is 14.6. The number of hydrogen-bond acceptors (Lipinski definition) is 6. The number of ether oxygens (including phenoxy) is 1. The maximum Gasteiger partial charge on any atom is 0.256 e. The van der Waals surface area contributed by atoms with Crippen molar-refractivity contribution in [2.75, 3.05) is 6.61 Å². The Kier molecular flexibility index (Phi) is 5.94. The highest BCUT2D eigenvalue weighted by atomic mass is 35.5. The molecule has 0 spiro atoms. The predicted molar refractivity (Wildman–Crippen MR) is 92.0 cm³/mol. The van der Waals surface area contributed by atoms with E-state index < -0.39 is 23.6 Å². The van der Waals surface area contributed by atoms with Crippen molar-refractivity contribution in [3.05, 3.63) is 59.0 Å². The second kappa shape index (κ2) is 8.38. The van der Waals surface area contributed by atoms with Gasteiger partial charge in [-0.2, -0.15) is 0 Å². The lowest BCUT2D eigenvalue weighted by molar-refractivity contribution is 0.132. The summed E-state index contributed by atoms with van der Waals surface area (Å²) >= 11 is 5.61. The summed E-state index contributed by atoms with van der Waals surface area (Å²) in [5, 5.41) is 26.4. The van der Waals surface area contributed by atoms with E-state index >= 15 is 0 Å². The van der Waals surface area contributed by atoms with Crippen LogP contribution >= 0.6 is 11.6 Å². The Hall–Kier alpha value is -2.62. The molecule has 0 radical (unpaired) electrons. The summed E-state index contributed by atoms with van der Waals surface area (Å²) in [6.45, 7) is -0.134. The lowest BCUT2D eigenvalue weighted by atomic mass is 10.1. The predicted octanol–water partition coefficient (Wildman–Crippen LogP) is 2.67. The molecule has 2 N–H and O–H groups in total. The summed E-state index contributed by atoms with van der Waals surface area (Å²) in [6, 6.07) is 4.97. The molecule has 0 aliphatic carbocycles. The summed E-state index contributed by atoms with van der Waals surface area (Å²) in [5.74, 6) is -2.17. The van der Waals surface area contributed by atoms with E-state index in [0.717, 1.165) is 12.1 Å². The topological polar surface area (TPSA) is 93.3 Å². The van der Waals surface area contributed by atoms with Gasteiger partial charge in [-0.1, -0.05) is 16.8 Å². The van der Waals surface area contributed by atoms with Crippen LogP contribution in [-0.2, 0) is 6.42 Å². The minimum atomic E-state index is -0.812. The van der Waals surface area contributed by atoms with E-state index in [-0.39, 0.29) is 30.2 Å². The van der Waals surface area contributed by atoms with Gasteiger partial charge < -0.3 is 14.9 Å². The summed E-state index contributed by atoms with van der Waals surface area (Å²) in [6.07, 6.45) is 2.42. The molecule has 10 heteroatoms. The fraction of sp³-hybridized carbons (Fsp3) is 0.235. The fourth-order valence-corrected chi connectivity index (χ4v) is 2.45. The largest absolute Gasteiger partial charge is 0.433 e. The second-order valence-electron chi connectivity index (χ2n) is 5.68. The van der Waals surface area contributed by atoms with Crippen molar-refractivity contribution in [3.8, 4) is 17.3 Å². The van der Waals surface area contributed by atoms with Crippen molar-refractivity contribution < 1.29 is 23.7 Å². The Morgan fingerprint density at radius 2 is 2.04 bits per heavy atom. The molecule has 7 nitrogen and oxygen atoms in total. The average Bonchev–Trinajstić information content (AvgIpc) is 3.07. The molecule has 2 heterocycles. The van der Waals surface area contributed by atoms with Gasteiger partial charge in [-0.25, -0.2) is 18.4 Å². The fourth-order valence-electron chi connectivity index (χ4n) is 2.31. The number of aliphatic hydroxyl groups is 2. The van der Waals surface area contributed by atoms with Crippen molar-refractivity contribution in [2.45, 2.75) is 18.9 Å². The van der Waals surface area contributed by atoms with Crippen LogP contribution in [0.4, 0.5) is 8.78 Å². The SMILES string of the molecule is OCCC(O)Cc1cn(-c2ccc(Oc3ncc(Cl)cc3F)c(F)c2)nn1. The average molecular weight is 397 g/mol. The van der Waals surface area contributed by atoms with Gasteiger partial charge in [0.25, 0.3) is 5.88 Å². The van der Waals surface area contributed by atoms with Crippen LogP contribution in [0.5, 0.6) is 11.6 Å². The van der Waals surface area contributed by atoms with Crippen molar-refractivity contribution in [1.82, 2.24) is 20.0 Å². The third-order valence-electron chi connectivity index (χ3n) is 3.61. The van der Waals surface area contributed by atoms with Crippen molar-refractivity contribution in [1.29, 1.82) is 0 Å². The number of rotatable bonds is 7. The standard InChI is InChI=1S/C17H15ClF2N4O3/c18-10-5-15(20)17(21-8-10)27-16-2-1-12(7-14(16)19)24-9-11(22-23-24)6-13(26)3-4-25/h1-2,5,7-9,13,25-26H,3-4,6H2. The van der Waals surface area contributed by atoms with Gasteiger partial charge in [0.15, 0.2) is 17.4 Å². The van der Waals surface area contributed by atoms with E-state index in [1.807, 2.05) is 0 Å². The van der Waals surface area contributed by atoms with Gasteiger partial charge in [0, 0.05) is 25.3 Å². The van der Waals surface area contributed by atoms with E-state index in [0.29, 0.717) is 11.4 Å². The van der Waals surface area contributed by atoms with Gasteiger partial charge in [0.2, 0.25) is 0 Å². The Morgan fingerprint density at radius 3 is 2.74 bits per heavy atom. The van der Waals surface area contributed by atoms with Gasteiger partial charge in [0.05, 0.1) is 28.7 Å². The minimum absolute atomic E-state index is 0.0989. The van der Waals surface area contributed by atoms with Crippen LogP contribution in [0, 0.1) is 11.6 Å². The number of halogens is 3. The number of hydrogen-bond donors (Lipinski definition) is 2. The van der Waals surface area contributed by atoms with Gasteiger partial charge in [0.1, 0.15) is 0 Å². The smallest absolute Gasteiger partial charge is 0.256 e. The third-order valence-corrected chi connectivity index (χ3v) is 3.82. The Balaban J connectivity index is 1.76. The molecule has 1 aromatic carbocycles. The van der Waals surface area contributed by atoms with Gasteiger partial charge in [-0.3, -0.25) is 0 Å². The van der Waals surface area contributed by atoms with E-state index in [1.165, 1.54) is 29.2 Å². The molecule has 27 heavy (non-hydrogen) atoms. The highest BCUT2D eigenvalue weighted by Crippen LogP contribution is 2.27. The van der Waals surface area contributed by atoms with Crippen molar-refractivity contribution in [3.63, 3.8) is 0 Å². The van der Waals surface area contributed by atoms with E-state index in [1.54, 1.807) is 0 Å². The lowest BCUT2D eigenvalue weighted by Crippen LogP contribution is -2.12. The van der Waals surface area contributed by atoms with Crippen molar-refractivity contribution in [2.24, 2.45) is 0 Å². The molecule has 0 aliphatic rings. The number of benzene rings is 1. The molecule has 142 valence electrons. The van der Waals surface area contributed by atoms with Crippen LogP contribution in [0.1, 0.15) is 12.1 Å². The van der Waals surface area contributed by atoms with Crippen LogP contribution in [0.25, 0.3) is 5.69 Å². The van der Waals surface area contributed by atoms with E-state index in [4.69, 9.17) is 21.4 Å². The Bertz CT molecular complexity index is 938. The summed E-state index contributed by atoms with van der Waals surface area (Å²) in [4.78, 5) is 3.68. The van der Waals surface area contributed by atoms with Crippen LogP contribution in [0.2, 0.25) is 5.02 Å². The number of aromatic nitrogens is 4. The summed E-state index contributed by atoms with van der Waals surface area (Å²) in [5.41, 5.74) is 0.851. The van der Waals surface area contributed by atoms with Gasteiger partial charge in [-0.05, 0) is 24.6 Å².